The summed E-state index contributed by atoms with van der Waals surface area (Å²) in [7, 11) is 0. The molecule has 0 saturated carbocycles. The van der Waals surface area contributed by atoms with Crippen LogP contribution in [0.2, 0.25) is 5.02 Å². The highest BCUT2D eigenvalue weighted by Gasteiger charge is 2.11. The number of thiazole rings is 1. The Labute approximate surface area is 165 Å². The third-order valence-corrected chi connectivity index (χ3v) is 5.10. The highest BCUT2D eigenvalue weighted by Crippen LogP contribution is 2.24. The molecule has 0 bridgehead atoms. The molecule has 4 aromatic rings. The number of pyridine rings is 1. The van der Waals surface area contributed by atoms with Gasteiger partial charge < -0.3 is 0 Å². The SMILES string of the molecule is N=C(N=c1scc(-c2ccccc2)n1-c1ccc(Cl)cc1)c1ccncc1. The van der Waals surface area contributed by atoms with Crippen molar-refractivity contribution in [2.75, 3.05) is 0 Å². The van der Waals surface area contributed by atoms with Gasteiger partial charge in [0.2, 0.25) is 0 Å². The zero-order valence-corrected chi connectivity index (χ0v) is 15.8. The van der Waals surface area contributed by atoms with E-state index in [9.17, 15) is 0 Å². The van der Waals surface area contributed by atoms with Crippen molar-refractivity contribution < 1.29 is 0 Å². The normalized spacial score (nSPS) is 11.5. The van der Waals surface area contributed by atoms with Crippen LogP contribution in [0.15, 0.2) is 89.5 Å². The second-order valence-electron chi connectivity index (χ2n) is 5.78. The minimum absolute atomic E-state index is 0.196. The Hall–Kier alpha value is -3.02. The van der Waals surface area contributed by atoms with E-state index in [1.165, 1.54) is 11.3 Å². The Morgan fingerprint density at radius 1 is 0.963 bits per heavy atom. The number of hydrogen-bond acceptors (Lipinski definition) is 3. The summed E-state index contributed by atoms with van der Waals surface area (Å²) in [5.74, 6) is 0.196. The average Bonchev–Trinajstić information content (AvgIpc) is 3.13. The Balaban J connectivity index is 1.90. The standard InChI is InChI=1S/C21H15ClN4S/c22-17-6-8-18(9-7-17)26-19(15-4-2-1-3-5-15)14-27-21(26)25-20(23)16-10-12-24-13-11-16/h1-14,23H. The molecule has 132 valence electrons. The molecule has 0 aliphatic carbocycles. The summed E-state index contributed by atoms with van der Waals surface area (Å²) in [6.07, 6.45) is 3.33. The van der Waals surface area contributed by atoms with Gasteiger partial charge >= 0.3 is 0 Å². The lowest BCUT2D eigenvalue weighted by Crippen LogP contribution is -2.16. The number of halogens is 1. The van der Waals surface area contributed by atoms with Crippen molar-refractivity contribution in [1.29, 1.82) is 5.41 Å². The molecule has 0 unspecified atom stereocenters. The van der Waals surface area contributed by atoms with Gasteiger partial charge in [-0.1, -0.05) is 41.9 Å². The maximum Gasteiger partial charge on any atom is 0.196 e. The highest BCUT2D eigenvalue weighted by atomic mass is 35.5. The van der Waals surface area contributed by atoms with Gasteiger partial charge in [-0.15, -0.1) is 11.3 Å². The number of rotatable bonds is 3. The van der Waals surface area contributed by atoms with E-state index < -0.39 is 0 Å². The summed E-state index contributed by atoms with van der Waals surface area (Å²) in [6.45, 7) is 0. The molecule has 0 aliphatic heterocycles. The van der Waals surface area contributed by atoms with Crippen molar-refractivity contribution in [1.82, 2.24) is 9.55 Å². The van der Waals surface area contributed by atoms with Crippen LogP contribution in [-0.2, 0) is 0 Å². The van der Waals surface area contributed by atoms with Crippen molar-refractivity contribution in [2.24, 2.45) is 4.99 Å². The lowest BCUT2D eigenvalue weighted by molar-refractivity contribution is 1.02. The van der Waals surface area contributed by atoms with Gasteiger partial charge in [0.25, 0.3) is 0 Å². The molecule has 0 radical (unpaired) electrons. The molecule has 27 heavy (non-hydrogen) atoms. The molecule has 0 amide bonds. The quantitative estimate of drug-likeness (QED) is 0.380. The van der Waals surface area contributed by atoms with E-state index in [4.69, 9.17) is 17.0 Å². The van der Waals surface area contributed by atoms with Crippen LogP contribution in [0.3, 0.4) is 0 Å². The van der Waals surface area contributed by atoms with Gasteiger partial charge in [0.15, 0.2) is 10.6 Å². The number of amidine groups is 1. The molecule has 1 N–H and O–H groups in total. The van der Waals surface area contributed by atoms with Crippen LogP contribution in [0.1, 0.15) is 5.56 Å². The topological polar surface area (TPSA) is 54.0 Å². The third kappa shape index (κ3) is 3.74. The summed E-state index contributed by atoms with van der Waals surface area (Å²) in [5, 5.41) is 11.1. The summed E-state index contributed by atoms with van der Waals surface area (Å²) in [4.78, 5) is 9.30. The Morgan fingerprint density at radius 3 is 2.37 bits per heavy atom. The van der Waals surface area contributed by atoms with Gasteiger partial charge in [0, 0.05) is 34.0 Å². The molecule has 2 aromatic heterocycles. The molecule has 2 heterocycles. The first-order chi connectivity index (χ1) is 13.2. The Bertz CT molecular complexity index is 1130. The van der Waals surface area contributed by atoms with Crippen LogP contribution < -0.4 is 4.80 Å². The molecule has 0 fully saturated rings. The molecular weight excluding hydrogens is 376 g/mol. The van der Waals surface area contributed by atoms with Gasteiger partial charge in [-0.2, -0.15) is 0 Å². The van der Waals surface area contributed by atoms with Crippen molar-refractivity contribution >= 4 is 28.8 Å². The average molecular weight is 391 g/mol. The van der Waals surface area contributed by atoms with E-state index in [1.54, 1.807) is 24.5 Å². The van der Waals surface area contributed by atoms with Gasteiger partial charge in [-0.3, -0.25) is 15.0 Å². The van der Waals surface area contributed by atoms with Crippen molar-refractivity contribution in [2.45, 2.75) is 0 Å². The third-order valence-electron chi connectivity index (χ3n) is 4.02. The van der Waals surface area contributed by atoms with Crippen molar-refractivity contribution in [3.05, 3.63) is 99.9 Å². The van der Waals surface area contributed by atoms with Gasteiger partial charge in [-0.05, 0) is 42.0 Å². The molecule has 4 nitrogen and oxygen atoms in total. The molecule has 6 heteroatoms. The van der Waals surface area contributed by atoms with E-state index in [0.29, 0.717) is 5.02 Å². The van der Waals surface area contributed by atoms with E-state index >= 15 is 0 Å². The van der Waals surface area contributed by atoms with Crippen LogP contribution in [0.5, 0.6) is 0 Å². The maximum atomic E-state index is 8.35. The van der Waals surface area contributed by atoms with E-state index in [-0.39, 0.29) is 5.84 Å². The number of benzene rings is 2. The molecule has 4 rings (SSSR count). The molecule has 2 aromatic carbocycles. The van der Waals surface area contributed by atoms with Crippen molar-refractivity contribution in [3.8, 4) is 16.9 Å². The fourth-order valence-corrected chi connectivity index (χ4v) is 3.75. The van der Waals surface area contributed by atoms with E-state index in [0.717, 1.165) is 27.3 Å². The molecule has 0 aliphatic rings. The monoisotopic (exact) mass is 390 g/mol. The fourth-order valence-electron chi connectivity index (χ4n) is 2.71. The van der Waals surface area contributed by atoms with Gasteiger partial charge in [0.05, 0.1) is 5.69 Å². The van der Waals surface area contributed by atoms with Crippen LogP contribution in [0, 0.1) is 5.41 Å². The lowest BCUT2D eigenvalue weighted by atomic mass is 10.1. The summed E-state index contributed by atoms with van der Waals surface area (Å²) >= 11 is 7.56. The minimum atomic E-state index is 0.196. The number of nitrogens with one attached hydrogen (secondary N) is 1. The van der Waals surface area contributed by atoms with Crippen molar-refractivity contribution in [3.63, 3.8) is 0 Å². The first-order valence-electron chi connectivity index (χ1n) is 8.28. The summed E-state index contributed by atoms with van der Waals surface area (Å²) in [5.41, 5.74) is 3.77. The Kier molecular flexibility index (Phi) is 4.96. The first-order valence-corrected chi connectivity index (χ1v) is 9.54. The lowest BCUT2D eigenvalue weighted by Gasteiger charge is -2.09. The van der Waals surface area contributed by atoms with Crippen LogP contribution in [-0.4, -0.2) is 15.4 Å². The van der Waals surface area contributed by atoms with Crippen LogP contribution >= 0.6 is 22.9 Å². The summed E-state index contributed by atoms with van der Waals surface area (Å²) < 4.78 is 2.05. The van der Waals surface area contributed by atoms with Crippen LogP contribution in [0.4, 0.5) is 0 Å². The van der Waals surface area contributed by atoms with Gasteiger partial charge in [0.1, 0.15) is 0 Å². The number of hydrogen-bond donors (Lipinski definition) is 1. The van der Waals surface area contributed by atoms with E-state index in [2.05, 4.69) is 27.5 Å². The second-order valence-corrected chi connectivity index (χ2v) is 7.05. The van der Waals surface area contributed by atoms with Gasteiger partial charge in [-0.25, -0.2) is 4.99 Å². The molecular formula is C21H15ClN4S. The Morgan fingerprint density at radius 2 is 1.67 bits per heavy atom. The van der Waals surface area contributed by atoms with Crippen LogP contribution in [0.25, 0.3) is 16.9 Å². The van der Waals surface area contributed by atoms with E-state index in [1.807, 2.05) is 47.0 Å². The predicted molar refractivity (Wildman–Crippen MR) is 111 cm³/mol. The summed E-state index contributed by atoms with van der Waals surface area (Å²) in [6, 6.07) is 21.3. The molecule has 0 atom stereocenters. The zero-order chi connectivity index (χ0) is 18.6. The molecule has 0 spiro atoms. The highest BCUT2D eigenvalue weighted by molar-refractivity contribution is 7.07. The number of aromatic nitrogens is 2. The number of nitrogens with zero attached hydrogens (tertiary/aromatic N) is 3. The largest absolute Gasteiger partial charge is 0.285 e. The first kappa shape index (κ1) is 17.4. The second kappa shape index (κ2) is 7.70. The predicted octanol–water partition coefficient (Wildman–Crippen LogP) is 5.18. The molecule has 0 saturated heterocycles. The smallest absolute Gasteiger partial charge is 0.196 e. The minimum Gasteiger partial charge on any atom is -0.285 e. The zero-order valence-electron chi connectivity index (χ0n) is 14.2. The fraction of sp³-hybridized carbons (Fsp3) is 0. The maximum absolute atomic E-state index is 8.35.